The Morgan fingerprint density at radius 1 is 1.35 bits per heavy atom. The molecule has 3 aromatic rings. The Hall–Kier alpha value is -2.22. The lowest BCUT2D eigenvalue weighted by Gasteiger charge is -2.05. The minimum Gasteiger partial charge on any atom is -0.399 e. The first kappa shape index (κ1) is 12.8. The molecule has 0 spiro atoms. The Bertz CT molecular complexity index is 833. The molecule has 0 radical (unpaired) electrons. The van der Waals surface area contributed by atoms with Crippen LogP contribution in [0.5, 0.6) is 0 Å². The van der Waals surface area contributed by atoms with Gasteiger partial charge in [0, 0.05) is 17.2 Å². The zero-order valence-electron chi connectivity index (χ0n) is 10.6. The molecule has 8 heteroatoms. The van der Waals surface area contributed by atoms with Gasteiger partial charge in [-0.3, -0.25) is 4.79 Å². The molecule has 0 saturated carbocycles. The van der Waals surface area contributed by atoms with E-state index in [-0.39, 0.29) is 5.56 Å². The minimum absolute atomic E-state index is 0.221. The molecule has 0 saturated heterocycles. The number of aromatic nitrogens is 5. The largest absolute Gasteiger partial charge is 0.399 e. The van der Waals surface area contributed by atoms with E-state index in [1.165, 1.54) is 15.6 Å². The lowest BCUT2D eigenvalue weighted by atomic mass is 10.2. The number of nitrogens with zero attached hydrogens (tertiary/aromatic N) is 5. The monoisotopic (exact) mass is 334 g/mol. The third-order valence-electron chi connectivity index (χ3n) is 2.93. The van der Waals surface area contributed by atoms with Crippen LogP contribution in [-0.2, 0) is 13.6 Å². The van der Waals surface area contributed by atoms with E-state index in [4.69, 9.17) is 5.73 Å². The molecule has 3 rings (SSSR count). The van der Waals surface area contributed by atoms with Gasteiger partial charge in [-0.15, -0.1) is 5.10 Å². The number of anilines is 1. The van der Waals surface area contributed by atoms with Crippen molar-refractivity contribution in [3.05, 3.63) is 44.8 Å². The van der Waals surface area contributed by atoms with Crippen molar-refractivity contribution < 1.29 is 0 Å². The van der Waals surface area contributed by atoms with Gasteiger partial charge < -0.3 is 5.73 Å². The van der Waals surface area contributed by atoms with Crippen LogP contribution in [-0.4, -0.2) is 24.8 Å². The number of aryl methyl sites for hydroxylation is 1. The average Bonchev–Trinajstić information content (AvgIpc) is 2.74. The third kappa shape index (κ3) is 2.18. The normalized spacial score (nSPS) is 11.1. The van der Waals surface area contributed by atoms with E-state index in [2.05, 4.69) is 31.3 Å². The number of fused-ring (bicyclic) bond motifs is 1. The lowest BCUT2D eigenvalue weighted by Crippen LogP contribution is -2.24. The van der Waals surface area contributed by atoms with Gasteiger partial charge in [-0.25, -0.2) is 9.36 Å². The van der Waals surface area contributed by atoms with Crippen molar-refractivity contribution >= 4 is 32.7 Å². The fraction of sp³-hybridized carbons (Fsp3) is 0.167. The molecule has 0 aliphatic rings. The number of hydrogen-bond donors (Lipinski definition) is 1. The molecule has 0 aliphatic carbocycles. The molecule has 2 heterocycles. The quantitative estimate of drug-likeness (QED) is 0.703. The number of nitrogen functional groups attached to an aromatic ring is 1. The van der Waals surface area contributed by atoms with E-state index in [1.807, 2.05) is 6.07 Å². The van der Waals surface area contributed by atoms with Crippen LogP contribution in [0.3, 0.4) is 0 Å². The summed E-state index contributed by atoms with van der Waals surface area (Å²) in [6.45, 7) is 0.306. The summed E-state index contributed by atoms with van der Waals surface area (Å²) in [7, 11) is 1.72. The van der Waals surface area contributed by atoms with E-state index >= 15 is 0 Å². The lowest BCUT2D eigenvalue weighted by molar-refractivity contribution is 0.595. The third-order valence-corrected chi connectivity index (χ3v) is 3.39. The number of rotatable bonds is 2. The van der Waals surface area contributed by atoms with Gasteiger partial charge >= 0.3 is 0 Å². The van der Waals surface area contributed by atoms with Crippen molar-refractivity contribution in [3.8, 4) is 0 Å². The zero-order valence-corrected chi connectivity index (χ0v) is 12.2. The van der Waals surface area contributed by atoms with Gasteiger partial charge in [0.1, 0.15) is 5.39 Å². The van der Waals surface area contributed by atoms with Crippen LogP contribution in [0.1, 0.15) is 5.56 Å². The molecule has 2 N–H and O–H groups in total. The van der Waals surface area contributed by atoms with Crippen LogP contribution >= 0.6 is 15.9 Å². The average molecular weight is 335 g/mol. The minimum atomic E-state index is -0.221. The Labute approximate surface area is 122 Å². The number of hydrogen-bond acceptors (Lipinski definition) is 5. The second kappa shape index (κ2) is 4.71. The Kier molecular flexibility index (Phi) is 3.01. The number of nitrogens with two attached hydrogens (primary N) is 1. The van der Waals surface area contributed by atoms with Gasteiger partial charge in [0.2, 0.25) is 0 Å². The zero-order chi connectivity index (χ0) is 14.3. The van der Waals surface area contributed by atoms with Crippen molar-refractivity contribution in [3.63, 3.8) is 0 Å². The molecule has 0 atom stereocenters. The molecule has 0 amide bonds. The summed E-state index contributed by atoms with van der Waals surface area (Å²) < 4.78 is 3.67. The number of benzene rings is 1. The first-order chi connectivity index (χ1) is 9.54. The molecule has 1 aromatic carbocycles. The fourth-order valence-electron chi connectivity index (χ4n) is 2.02. The predicted molar refractivity (Wildman–Crippen MR) is 78.2 cm³/mol. The predicted octanol–water partition coefficient (Wildman–Crippen LogP) is 0.918. The fourth-order valence-corrected chi connectivity index (χ4v) is 2.58. The SMILES string of the molecule is Cn1ncc2c(=O)n(Cc3cc(N)cc(Br)c3)nnc21. The Morgan fingerprint density at radius 3 is 2.90 bits per heavy atom. The van der Waals surface area contributed by atoms with Gasteiger partial charge in [-0.2, -0.15) is 5.10 Å². The molecular formula is C12H11BrN6O. The molecule has 0 aliphatic heterocycles. The van der Waals surface area contributed by atoms with Crippen molar-refractivity contribution in [2.24, 2.45) is 7.05 Å². The van der Waals surface area contributed by atoms with Crippen LogP contribution in [0, 0.1) is 0 Å². The van der Waals surface area contributed by atoms with E-state index in [0.29, 0.717) is 23.3 Å². The van der Waals surface area contributed by atoms with Gasteiger partial charge in [0.05, 0.1) is 12.7 Å². The second-order valence-electron chi connectivity index (χ2n) is 4.45. The van der Waals surface area contributed by atoms with Gasteiger partial charge in [0.15, 0.2) is 5.65 Å². The summed E-state index contributed by atoms with van der Waals surface area (Å²) in [6, 6.07) is 5.48. The maximum Gasteiger partial charge on any atom is 0.281 e. The highest BCUT2D eigenvalue weighted by Gasteiger charge is 2.10. The molecule has 2 aromatic heterocycles. The van der Waals surface area contributed by atoms with E-state index in [9.17, 15) is 4.79 Å². The van der Waals surface area contributed by atoms with Crippen molar-refractivity contribution in [1.29, 1.82) is 0 Å². The summed E-state index contributed by atoms with van der Waals surface area (Å²) >= 11 is 3.37. The van der Waals surface area contributed by atoms with Crippen LogP contribution in [0.4, 0.5) is 5.69 Å². The molecule has 0 fully saturated rings. The molecule has 0 bridgehead atoms. The van der Waals surface area contributed by atoms with Crippen molar-refractivity contribution in [1.82, 2.24) is 24.8 Å². The smallest absolute Gasteiger partial charge is 0.281 e. The summed E-state index contributed by atoms with van der Waals surface area (Å²) in [4.78, 5) is 12.3. The van der Waals surface area contributed by atoms with Gasteiger partial charge in [-0.05, 0) is 23.8 Å². The maximum atomic E-state index is 12.3. The standard InChI is InChI=1S/C12H11BrN6O/c1-18-11-10(5-15-18)12(20)19(17-16-11)6-7-2-8(13)4-9(14)3-7/h2-5H,6,14H2,1H3. The van der Waals surface area contributed by atoms with Crippen molar-refractivity contribution in [2.45, 2.75) is 6.54 Å². The highest BCUT2D eigenvalue weighted by Crippen LogP contribution is 2.17. The second-order valence-corrected chi connectivity index (χ2v) is 5.37. The first-order valence-corrected chi connectivity index (χ1v) is 6.64. The summed E-state index contributed by atoms with van der Waals surface area (Å²) in [5.74, 6) is 0. The van der Waals surface area contributed by atoms with E-state index in [1.54, 1.807) is 19.2 Å². The highest BCUT2D eigenvalue weighted by molar-refractivity contribution is 9.10. The topological polar surface area (TPSA) is 91.6 Å². The summed E-state index contributed by atoms with van der Waals surface area (Å²) in [5.41, 5.74) is 7.52. The Balaban J connectivity index is 2.06. The van der Waals surface area contributed by atoms with Crippen LogP contribution in [0.2, 0.25) is 0 Å². The van der Waals surface area contributed by atoms with Gasteiger partial charge in [0.25, 0.3) is 5.56 Å². The van der Waals surface area contributed by atoms with Crippen LogP contribution in [0.25, 0.3) is 11.0 Å². The van der Waals surface area contributed by atoms with Crippen LogP contribution < -0.4 is 11.3 Å². The number of halogens is 1. The molecule has 20 heavy (non-hydrogen) atoms. The first-order valence-electron chi connectivity index (χ1n) is 5.85. The van der Waals surface area contributed by atoms with E-state index in [0.717, 1.165) is 10.0 Å². The molecular weight excluding hydrogens is 324 g/mol. The maximum absolute atomic E-state index is 12.3. The highest BCUT2D eigenvalue weighted by atomic mass is 79.9. The molecule has 102 valence electrons. The van der Waals surface area contributed by atoms with Crippen LogP contribution in [0.15, 0.2) is 33.7 Å². The van der Waals surface area contributed by atoms with Gasteiger partial charge in [-0.1, -0.05) is 21.1 Å². The van der Waals surface area contributed by atoms with Crippen molar-refractivity contribution in [2.75, 3.05) is 5.73 Å². The summed E-state index contributed by atoms with van der Waals surface area (Å²) in [6.07, 6.45) is 1.50. The molecule has 7 nitrogen and oxygen atoms in total. The Morgan fingerprint density at radius 2 is 2.15 bits per heavy atom. The summed E-state index contributed by atoms with van der Waals surface area (Å²) in [5, 5.41) is 12.4. The molecule has 0 unspecified atom stereocenters. The van der Waals surface area contributed by atoms with E-state index < -0.39 is 0 Å².